The van der Waals surface area contributed by atoms with E-state index < -0.39 is 7.82 Å². The molecule has 0 aromatic heterocycles. The Morgan fingerprint density at radius 3 is 1.53 bits per heavy atom. The first-order valence-corrected chi connectivity index (χ1v) is 8.34. The Morgan fingerprint density at radius 1 is 0.737 bits per heavy atom. The summed E-state index contributed by atoms with van der Waals surface area (Å²) in [4.78, 5) is 11.3. The zero-order valence-electron chi connectivity index (χ0n) is 12.0. The zero-order valence-corrected chi connectivity index (χ0v) is 12.9. The summed E-state index contributed by atoms with van der Waals surface area (Å²) < 4.78 is 30.9. The van der Waals surface area contributed by atoms with Gasteiger partial charge in [-0.15, -0.1) is 4.89 Å². The lowest BCUT2D eigenvalue weighted by atomic mass is 10.4. The van der Waals surface area contributed by atoms with Crippen molar-refractivity contribution >= 4 is 7.82 Å². The Kier molecular flexibility index (Phi) is 13.1. The summed E-state index contributed by atoms with van der Waals surface area (Å²) in [6, 6.07) is 0. The van der Waals surface area contributed by atoms with Gasteiger partial charge in [-0.05, 0) is 12.8 Å². The molecule has 0 saturated heterocycles. The van der Waals surface area contributed by atoms with Gasteiger partial charge in [-0.1, -0.05) is 26.7 Å². The summed E-state index contributed by atoms with van der Waals surface area (Å²) in [6.07, 6.45) is 4.01. The fourth-order valence-corrected chi connectivity index (χ4v) is 1.82. The number of ether oxygens (including phenoxy) is 2. The van der Waals surface area contributed by atoms with Crippen LogP contribution in [0.15, 0.2) is 0 Å². The molecule has 0 aliphatic rings. The van der Waals surface area contributed by atoms with Gasteiger partial charge in [0, 0.05) is 13.2 Å². The fourth-order valence-electron chi connectivity index (χ4n) is 1.15. The predicted molar refractivity (Wildman–Crippen MR) is 71.7 cm³/mol. The molecule has 0 N–H and O–H groups in total. The molecule has 19 heavy (non-hydrogen) atoms. The molecule has 0 bridgehead atoms. The minimum absolute atomic E-state index is 0.0127. The van der Waals surface area contributed by atoms with Crippen LogP contribution in [0.3, 0.4) is 0 Å². The average Bonchev–Trinajstić information content (AvgIpc) is 2.38. The second-order valence-corrected chi connectivity index (χ2v) is 5.46. The van der Waals surface area contributed by atoms with E-state index >= 15 is 0 Å². The molecule has 0 aliphatic heterocycles. The summed E-state index contributed by atoms with van der Waals surface area (Å²) >= 11 is 0. The average molecular weight is 297 g/mol. The van der Waals surface area contributed by atoms with Gasteiger partial charge in [0.05, 0.1) is 26.4 Å². The normalized spacial score (nSPS) is 11.9. The summed E-state index contributed by atoms with van der Waals surface area (Å²) in [6.45, 7) is 5.84. The van der Waals surface area contributed by atoms with Crippen molar-refractivity contribution in [3.05, 3.63) is 0 Å². The van der Waals surface area contributed by atoms with E-state index in [1.807, 2.05) is 0 Å². The maximum atomic E-state index is 11.3. The van der Waals surface area contributed by atoms with Crippen molar-refractivity contribution < 1.29 is 28.0 Å². The van der Waals surface area contributed by atoms with Gasteiger partial charge in [0.25, 0.3) is 0 Å². The molecule has 0 aromatic carbocycles. The molecule has 0 heterocycles. The third kappa shape index (κ3) is 14.3. The summed E-state index contributed by atoms with van der Waals surface area (Å²) in [5.41, 5.74) is 0. The molecular weight excluding hydrogens is 271 g/mol. The number of unbranched alkanes of at least 4 members (excludes halogenated alkanes) is 2. The zero-order chi connectivity index (χ0) is 14.4. The van der Waals surface area contributed by atoms with Gasteiger partial charge in [0.1, 0.15) is 0 Å². The van der Waals surface area contributed by atoms with E-state index in [1.54, 1.807) is 0 Å². The van der Waals surface area contributed by atoms with E-state index in [0.29, 0.717) is 13.2 Å². The molecule has 0 saturated carbocycles. The van der Waals surface area contributed by atoms with Crippen molar-refractivity contribution in [2.45, 2.75) is 39.5 Å². The maximum absolute atomic E-state index is 11.3. The van der Waals surface area contributed by atoms with Crippen LogP contribution in [0.4, 0.5) is 0 Å². The highest BCUT2D eigenvalue weighted by Crippen LogP contribution is 2.43. The fraction of sp³-hybridized carbons (Fsp3) is 1.00. The lowest BCUT2D eigenvalue weighted by molar-refractivity contribution is 0.0498. The molecule has 0 atom stereocenters. The Bertz CT molecular complexity index is 216. The van der Waals surface area contributed by atoms with Gasteiger partial charge in [0.2, 0.25) is 0 Å². The van der Waals surface area contributed by atoms with E-state index in [1.165, 1.54) is 0 Å². The van der Waals surface area contributed by atoms with Gasteiger partial charge in [-0.3, -0.25) is 9.05 Å². The second kappa shape index (κ2) is 13.0. The minimum atomic E-state index is -4.21. The standard InChI is InChI=1S/C12H26O6P/c1-3-5-7-15-9-11-17-19(13,14)18-12-10-16-8-6-4-2/h3-12H2,1-2H3. The largest absolute Gasteiger partial charge is 0.502 e. The van der Waals surface area contributed by atoms with E-state index in [4.69, 9.17) is 9.47 Å². The summed E-state index contributed by atoms with van der Waals surface area (Å²) in [5, 5.41) is 0. The van der Waals surface area contributed by atoms with Crippen molar-refractivity contribution in [3.63, 3.8) is 0 Å². The van der Waals surface area contributed by atoms with Gasteiger partial charge < -0.3 is 9.47 Å². The van der Waals surface area contributed by atoms with Crippen molar-refractivity contribution in [1.82, 2.24) is 0 Å². The van der Waals surface area contributed by atoms with E-state index in [9.17, 15) is 9.46 Å². The smallest absolute Gasteiger partial charge is 0.379 e. The van der Waals surface area contributed by atoms with Crippen LogP contribution in [0.1, 0.15) is 39.5 Å². The van der Waals surface area contributed by atoms with Crippen LogP contribution in [0.5, 0.6) is 0 Å². The van der Waals surface area contributed by atoms with Crippen molar-refractivity contribution in [3.8, 4) is 0 Å². The van der Waals surface area contributed by atoms with Crippen LogP contribution >= 0.6 is 7.82 Å². The quantitative estimate of drug-likeness (QED) is 0.363. The summed E-state index contributed by atoms with van der Waals surface area (Å²) in [7, 11) is -4.21. The first-order chi connectivity index (χ1) is 9.12. The maximum Gasteiger partial charge on any atom is 0.502 e. The van der Waals surface area contributed by atoms with Crippen molar-refractivity contribution in [1.29, 1.82) is 0 Å². The molecule has 6 nitrogen and oxygen atoms in total. The Balaban J connectivity index is 3.39. The molecule has 0 rings (SSSR count). The van der Waals surface area contributed by atoms with Gasteiger partial charge in [-0.25, -0.2) is 4.57 Å². The molecule has 115 valence electrons. The lowest BCUT2D eigenvalue weighted by Crippen LogP contribution is -2.07. The van der Waals surface area contributed by atoms with Crippen molar-refractivity contribution in [2.24, 2.45) is 0 Å². The summed E-state index contributed by atoms with van der Waals surface area (Å²) in [5.74, 6) is 0. The molecule has 0 spiro atoms. The molecule has 7 heteroatoms. The highest BCUT2D eigenvalue weighted by molar-refractivity contribution is 7.47. The van der Waals surface area contributed by atoms with Gasteiger partial charge >= 0.3 is 7.82 Å². The molecule has 0 aromatic rings. The predicted octanol–water partition coefficient (Wildman–Crippen LogP) is 3.19. The molecule has 0 fully saturated rings. The van der Waals surface area contributed by atoms with Crippen LogP contribution in [-0.2, 0) is 28.0 Å². The van der Waals surface area contributed by atoms with E-state index in [2.05, 4.69) is 22.9 Å². The highest BCUT2D eigenvalue weighted by Gasteiger charge is 2.22. The molecule has 0 aliphatic carbocycles. The van der Waals surface area contributed by atoms with Gasteiger partial charge in [0.15, 0.2) is 0 Å². The third-order valence-electron chi connectivity index (χ3n) is 2.24. The lowest BCUT2D eigenvalue weighted by Gasteiger charge is -2.10. The van der Waals surface area contributed by atoms with Crippen LogP contribution in [-0.4, -0.2) is 39.6 Å². The number of rotatable bonds is 14. The SMILES string of the molecule is CCCCOCCOP([O])(=O)OCCOCCCC. The Hall–Kier alpha value is 0.0300. The third-order valence-corrected chi connectivity index (χ3v) is 3.24. The Morgan fingerprint density at radius 2 is 1.16 bits per heavy atom. The van der Waals surface area contributed by atoms with E-state index in [0.717, 1.165) is 25.7 Å². The minimum Gasteiger partial charge on any atom is -0.379 e. The van der Waals surface area contributed by atoms with Crippen LogP contribution in [0.2, 0.25) is 0 Å². The molecule has 1 radical (unpaired) electrons. The van der Waals surface area contributed by atoms with Crippen LogP contribution in [0.25, 0.3) is 0 Å². The van der Waals surface area contributed by atoms with E-state index in [-0.39, 0.29) is 26.4 Å². The van der Waals surface area contributed by atoms with Crippen LogP contribution < -0.4 is 0 Å². The monoisotopic (exact) mass is 297 g/mol. The second-order valence-electron chi connectivity index (χ2n) is 4.05. The molecular formula is C12H26O6P. The number of hydrogen-bond donors (Lipinski definition) is 0. The Labute approximate surface area is 116 Å². The van der Waals surface area contributed by atoms with Crippen LogP contribution in [0, 0.1) is 0 Å². The topological polar surface area (TPSA) is 73.9 Å². The van der Waals surface area contributed by atoms with Gasteiger partial charge in [-0.2, -0.15) is 0 Å². The first kappa shape index (κ1) is 19.0. The molecule has 0 unspecified atom stereocenters. The first-order valence-electron chi connectivity index (χ1n) is 6.88. The molecule has 0 amide bonds. The van der Waals surface area contributed by atoms with Crippen molar-refractivity contribution in [2.75, 3.05) is 39.6 Å². The number of hydrogen-bond acceptors (Lipinski definition) is 5. The highest BCUT2D eigenvalue weighted by atomic mass is 31.2.